The van der Waals surface area contributed by atoms with Crippen LogP contribution >= 0.6 is 11.3 Å². The summed E-state index contributed by atoms with van der Waals surface area (Å²) in [5, 5.41) is 3.66. The molecule has 0 spiro atoms. The molecule has 0 radical (unpaired) electrons. The second kappa shape index (κ2) is 6.72. The molecule has 0 unspecified atom stereocenters. The van der Waals surface area contributed by atoms with Gasteiger partial charge in [-0.15, -0.1) is 11.3 Å². The molecule has 1 N–H and O–H groups in total. The maximum absolute atomic E-state index is 3.66. The van der Waals surface area contributed by atoms with Crippen molar-refractivity contribution < 1.29 is 0 Å². The summed E-state index contributed by atoms with van der Waals surface area (Å²) in [4.78, 5) is 3.15. The van der Waals surface area contributed by atoms with Crippen LogP contribution in [0.3, 0.4) is 0 Å². The highest BCUT2D eigenvalue weighted by Gasteiger charge is 2.33. The Kier molecular flexibility index (Phi) is 5.25. The number of aryl methyl sites for hydroxylation is 1. The van der Waals surface area contributed by atoms with Crippen molar-refractivity contribution >= 4 is 11.3 Å². The van der Waals surface area contributed by atoms with Crippen molar-refractivity contribution in [1.82, 2.24) is 5.32 Å². The smallest absolute Gasteiger partial charge is 0.00541 e. The molecule has 1 aliphatic carbocycles. The monoisotopic (exact) mass is 265 g/mol. The van der Waals surface area contributed by atoms with Crippen LogP contribution in [0.15, 0.2) is 12.1 Å². The molecule has 2 rings (SSSR count). The van der Waals surface area contributed by atoms with E-state index in [0.29, 0.717) is 5.41 Å². The van der Waals surface area contributed by atoms with Crippen LogP contribution in [0.25, 0.3) is 0 Å². The van der Waals surface area contributed by atoms with Crippen molar-refractivity contribution in [3.8, 4) is 0 Å². The van der Waals surface area contributed by atoms with Crippen LogP contribution in [0.1, 0.15) is 55.7 Å². The molecule has 0 bridgehead atoms. The second-order valence-corrected chi connectivity index (χ2v) is 7.04. The van der Waals surface area contributed by atoms with Crippen LogP contribution in [0.4, 0.5) is 0 Å². The fourth-order valence-electron chi connectivity index (χ4n) is 3.15. The average molecular weight is 265 g/mol. The van der Waals surface area contributed by atoms with Crippen molar-refractivity contribution in [3.63, 3.8) is 0 Å². The molecule has 1 aromatic heterocycles. The Labute approximate surface area is 116 Å². The maximum Gasteiger partial charge on any atom is 0.00541 e. The van der Waals surface area contributed by atoms with Crippen molar-refractivity contribution in [2.24, 2.45) is 5.41 Å². The minimum absolute atomic E-state index is 0.561. The molecule has 0 atom stereocenters. The van der Waals surface area contributed by atoms with E-state index in [2.05, 4.69) is 31.3 Å². The Morgan fingerprint density at radius 1 is 1.17 bits per heavy atom. The van der Waals surface area contributed by atoms with Crippen LogP contribution in [0, 0.1) is 5.41 Å². The topological polar surface area (TPSA) is 12.0 Å². The molecular formula is C16H27NS. The van der Waals surface area contributed by atoms with Crippen molar-refractivity contribution in [3.05, 3.63) is 21.9 Å². The van der Waals surface area contributed by atoms with Gasteiger partial charge in [0.2, 0.25) is 0 Å². The van der Waals surface area contributed by atoms with Gasteiger partial charge in [-0.2, -0.15) is 0 Å². The Morgan fingerprint density at radius 3 is 2.50 bits per heavy atom. The van der Waals surface area contributed by atoms with Gasteiger partial charge in [-0.3, -0.25) is 0 Å². The van der Waals surface area contributed by atoms with Crippen molar-refractivity contribution in [2.75, 3.05) is 13.1 Å². The highest BCUT2D eigenvalue weighted by atomic mass is 32.1. The van der Waals surface area contributed by atoms with Gasteiger partial charge in [0, 0.05) is 16.3 Å². The van der Waals surface area contributed by atoms with Gasteiger partial charge in [0.05, 0.1) is 0 Å². The first-order chi connectivity index (χ1) is 8.78. The number of hydrogen-bond donors (Lipinski definition) is 1. The van der Waals surface area contributed by atoms with Gasteiger partial charge < -0.3 is 5.32 Å². The normalized spacial score (nSPS) is 18.3. The molecule has 18 heavy (non-hydrogen) atoms. The molecule has 0 aromatic carbocycles. The lowest BCUT2D eigenvalue weighted by atomic mass is 9.82. The lowest BCUT2D eigenvalue weighted by molar-refractivity contribution is 0.280. The second-order valence-electron chi connectivity index (χ2n) is 5.78. The fraction of sp³-hybridized carbons (Fsp3) is 0.750. The number of thiophene rings is 1. The zero-order valence-corrected chi connectivity index (χ0v) is 12.7. The van der Waals surface area contributed by atoms with E-state index in [1.807, 2.05) is 11.3 Å². The Bertz CT molecular complexity index is 350. The molecule has 1 nitrogen and oxygen atoms in total. The summed E-state index contributed by atoms with van der Waals surface area (Å²) >= 11 is 2.03. The van der Waals surface area contributed by atoms with Gasteiger partial charge in [-0.05, 0) is 56.2 Å². The molecule has 2 heteroatoms. The summed E-state index contributed by atoms with van der Waals surface area (Å²) in [6.45, 7) is 6.90. The minimum Gasteiger partial charge on any atom is -0.316 e. The molecule has 1 heterocycles. The number of nitrogens with one attached hydrogen (secondary N) is 1. The van der Waals surface area contributed by atoms with E-state index < -0.39 is 0 Å². The third-order valence-corrected chi connectivity index (χ3v) is 5.44. The van der Waals surface area contributed by atoms with E-state index in [1.54, 1.807) is 9.75 Å². The largest absolute Gasteiger partial charge is 0.316 e. The quantitative estimate of drug-likeness (QED) is 0.720. The summed E-state index contributed by atoms with van der Waals surface area (Å²) < 4.78 is 0. The van der Waals surface area contributed by atoms with E-state index >= 15 is 0 Å². The Hall–Kier alpha value is -0.340. The van der Waals surface area contributed by atoms with Gasteiger partial charge in [0.15, 0.2) is 0 Å². The molecular weight excluding hydrogens is 238 g/mol. The van der Waals surface area contributed by atoms with Crippen molar-refractivity contribution in [1.29, 1.82) is 0 Å². The standard InChI is InChI=1S/C16H27NS/c1-3-11-17-13-16(9-5-6-10-16)12-15-8-7-14(4-2)18-15/h7-8,17H,3-6,9-13H2,1-2H3. The van der Waals surface area contributed by atoms with E-state index in [0.717, 1.165) is 0 Å². The third kappa shape index (κ3) is 3.58. The van der Waals surface area contributed by atoms with Gasteiger partial charge >= 0.3 is 0 Å². The molecule has 1 aliphatic rings. The first-order valence-corrected chi connectivity index (χ1v) is 8.38. The van der Waals surface area contributed by atoms with E-state index in [9.17, 15) is 0 Å². The third-order valence-electron chi connectivity index (χ3n) is 4.21. The van der Waals surface area contributed by atoms with Gasteiger partial charge in [0.25, 0.3) is 0 Å². The van der Waals surface area contributed by atoms with E-state index in [1.165, 1.54) is 58.0 Å². The summed E-state index contributed by atoms with van der Waals surface area (Å²) in [6.07, 6.45) is 9.43. The summed E-state index contributed by atoms with van der Waals surface area (Å²) in [6, 6.07) is 4.69. The minimum atomic E-state index is 0.561. The molecule has 1 fully saturated rings. The number of rotatable bonds is 7. The first kappa shape index (κ1) is 14.1. The fourth-order valence-corrected chi connectivity index (χ4v) is 4.28. The van der Waals surface area contributed by atoms with E-state index in [-0.39, 0.29) is 0 Å². The highest BCUT2D eigenvalue weighted by Crippen LogP contribution is 2.41. The molecule has 0 amide bonds. The number of hydrogen-bond acceptors (Lipinski definition) is 2. The Morgan fingerprint density at radius 2 is 1.89 bits per heavy atom. The van der Waals surface area contributed by atoms with E-state index in [4.69, 9.17) is 0 Å². The average Bonchev–Trinajstić information content (AvgIpc) is 3.00. The first-order valence-electron chi connectivity index (χ1n) is 7.56. The molecule has 0 saturated heterocycles. The molecule has 0 aliphatic heterocycles. The van der Waals surface area contributed by atoms with Gasteiger partial charge in [-0.1, -0.05) is 26.7 Å². The van der Waals surface area contributed by atoms with Crippen LogP contribution in [0.5, 0.6) is 0 Å². The zero-order chi connectivity index (χ0) is 12.8. The summed E-state index contributed by atoms with van der Waals surface area (Å²) in [7, 11) is 0. The molecule has 1 saturated carbocycles. The lowest BCUT2D eigenvalue weighted by Crippen LogP contribution is -2.34. The van der Waals surface area contributed by atoms with Gasteiger partial charge in [-0.25, -0.2) is 0 Å². The predicted octanol–water partition coefficient (Wildman–Crippen LogP) is 4.41. The van der Waals surface area contributed by atoms with Gasteiger partial charge in [0.1, 0.15) is 0 Å². The van der Waals surface area contributed by atoms with Crippen molar-refractivity contribution in [2.45, 2.75) is 58.8 Å². The predicted molar refractivity (Wildman–Crippen MR) is 81.5 cm³/mol. The SMILES string of the molecule is CCCNCC1(Cc2ccc(CC)s2)CCCC1. The summed E-state index contributed by atoms with van der Waals surface area (Å²) in [5.74, 6) is 0. The zero-order valence-electron chi connectivity index (χ0n) is 11.9. The molecule has 102 valence electrons. The van der Waals surface area contributed by atoms with Crippen LogP contribution in [-0.4, -0.2) is 13.1 Å². The molecule has 1 aromatic rings. The summed E-state index contributed by atoms with van der Waals surface area (Å²) in [5.41, 5.74) is 0.561. The lowest BCUT2D eigenvalue weighted by Gasteiger charge is -2.29. The van der Waals surface area contributed by atoms with Crippen LogP contribution < -0.4 is 5.32 Å². The highest BCUT2D eigenvalue weighted by molar-refractivity contribution is 7.11. The maximum atomic E-state index is 3.66. The van der Waals surface area contributed by atoms with Crippen LogP contribution in [-0.2, 0) is 12.8 Å². The van der Waals surface area contributed by atoms with Crippen LogP contribution in [0.2, 0.25) is 0 Å². The Balaban J connectivity index is 1.96.